The highest BCUT2D eigenvalue weighted by Crippen LogP contribution is 2.34. The molecule has 0 spiro atoms. The first-order chi connectivity index (χ1) is 3.86. The average Bonchev–Trinajstić information content (AvgIpc) is 2.43. The van der Waals surface area contributed by atoms with E-state index in [4.69, 9.17) is 11.6 Å². The average molecular weight is 128 g/mol. The van der Waals surface area contributed by atoms with Crippen molar-refractivity contribution in [1.82, 2.24) is 9.97 Å². The van der Waals surface area contributed by atoms with Crippen LogP contribution >= 0.6 is 11.6 Å². The van der Waals surface area contributed by atoms with Crippen molar-refractivity contribution in [3.63, 3.8) is 0 Å². The summed E-state index contributed by atoms with van der Waals surface area (Å²) in [7, 11) is 0. The number of fused-ring (bicyclic) bond motifs is 1. The van der Waals surface area contributed by atoms with Crippen LogP contribution in [0.3, 0.4) is 0 Å². The lowest BCUT2D eigenvalue weighted by Gasteiger charge is -1.75. The summed E-state index contributed by atoms with van der Waals surface area (Å²) < 4.78 is 0. The molecule has 3 nitrogen and oxygen atoms in total. The van der Waals surface area contributed by atoms with Gasteiger partial charge in [-0.1, -0.05) is 0 Å². The molecule has 0 bridgehead atoms. The van der Waals surface area contributed by atoms with Gasteiger partial charge in [0.25, 0.3) is 0 Å². The summed E-state index contributed by atoms with van der Waals surface area (Å²) in [6, 6.07) is 0. The molecule has 0 radical (unpaired) electrons. The molecule has 0 aromatic carbocycles. The minimum absolute atomic E-state index is 0.300. The predicted molar refractivity (Wildman–Crippen MR) is 30.3 cm³/mol. The van der Waals surface area contributed by atoms with Gasteiger partial charge in [0.1, 0.15) is 5.69 Å². The van der Waals surface area contributed by atoms with Crippen molar-refractivity contribution < 1.29 is 0 Å². The lowest BCUT2D eigenvalue weighted by atomic mass is 10.7. The van der Waals surface area contributed by atoms with Gasteiger partial charge in [-0.3, -0.25) is 0 Å². The highest BCUT2D eigenvalue weighted by atomic mass is 35.5. The number of rotatable bonds is 0. The van der Waals surface area contributed by atoms with E-state index in [2.05, 4.69) is 15.3 Å². The van der Waals surface area contributed by atoms with Crippen LogP contribution in [0, 0.1) is 0 Å². The van der Waals surface area contributed by atoms with Gasteiger partial charge < -0.3 is 5.32 Å². The molecule has 1 aromatic heterocycles. The smallest absolute Gasteiger partial charge is 0.224 e. The lowest BCUT2D eigenvalue weighted by molar-refractivity contribution is 1.23. The molecule has 4 heteroatoms. The first kappa shape index (κ1) is 4.09. The highest BCUT2D eigenvalue weighted by Gasteiger charge is 2.17. The number of hydrogen-bond acceptors (Lipinski definition) is 3. The molecule has 40 valence electrons. The quantitative estimate of drug-likeness (QED) is 0.427. The number of halogens is 1. The Balaban J connectivity index is 2.64. The summed E-state index contributed by atoms with van der Waals surface area (Å²) in [5.74, 6) is 0.852. The van der Waals surface area contributed by atoms with E-state index in [1.165, 1.54) is 0 Å². The molecule has 0 amide bonds. The lowest BCUT2D eigenvalue weighted by Crippen LogP contribution is -1.69. The van der Waals surface area contributed by atoms with Gasteiger partial charge in [-0.2, -0.15) is 4.98 Å². The maximum absolute atomic E-state index is 5.42. The van der Waals surface area contributed by atoms with Crippen molar-refractivity contribution in [3.8, 4) is 0 Å². The van der Waals surface area contributed by atoms with E-state index in [0.29, 0.717) is 5.28 Å². The van der Waals surface area contributed by atoms with Crippen molar-refractivity contribution >= 4 is 23.1 Å². The van der Waals surface area contributed by atoms with Gasteiger partial charge in [-0.15, -0.1) is 0 Å². The van der Waals surface area contributed by atoms with Crippen molar-refractivity contribution in [1.29, 1.82) is 0 Å². The van der Waals surface area contributed by atoms with Crippen molar-refractivity contribution in [3.05, 3.63) is 11.5 Å². The molecule has 0 atom stereocenters. The Kier molecular flexibility index (Phi) is 0.569. The third-order valence-electron chi connectivity index (χ3n) is 0.950. The van der Waals surface area contributed by atoms with Crippen LogP contribution in [0.15, 0.2) is 6.20 Å². The van der Waals surface area contributed by atoms with Crippen LogP contribution < -0.4 is 5.32 Å². The van der Waals surface area contributed by atoms with Gasteiger partial charge in [0.2, 0.25) is 5.28 Å². The van der Waals surface area contributed by atoms with E-state index in [0.717, 1.165) is 11.5 Å². The van der Waals surface area contributed by atoms with Crippen LogP contribution in [0.4, 0.5) is 11.5 Å². The summed E-state index contributed by atoms with van der Waals surface area (Å²) in [5.41, 5.74) is 0.981. The Labute approximate surface area is 50.7 Å². The second-order valence-corrected chi connectivity index (χ2v) is 1.86. The van der Waals surface area contributed by atoms with Crippen molar-refractivity contribution in [2.24, 2.45) is 0 Å². The highest BCUT2D eigenvalue weighted by molar-refractivity contribution is 6.28. The topological polar surface area (TPSA) is 47.7 Å². The summed E-state index contributed by atoms with van der Waals surface area (Å²) in [6.07, 6.45) is 1.66. The Morgan fingerprint density at radius 3 is 3.12 bits per heavy atom. The summed E-state index contributed by atoms with van der Waals surface area (Å²) >= 11 is 5.42. The molecular formula is C4H2ClN3. The summed E-state index contributed by atoms with van der Waals surface area (Å²) in [4.78, 5) is 7.53. The Bertz CT molecular complexity index is 234. The number of aromatic nitrogens is 2. The zero-order valence-corrected chi connectivity index (χ0v) is 4.61. The van der Waals surface area contributed by atoms with Crippen LogP contribution in [-0.4, -0.2) is 9.97 Å². The first-order valence-corrected chi connectivity index (χ1v) is 2.53. The van der Waals surface area contributed by atoms with E-state index in [-0.39, 0.29) is 0 Å². The van der Waals surface area contributed by atoms with Gasteiger partial charge in [0, 0.05) is 0 Å². The minimum Gasteiger partial charge on any atom is -0.334 e. The van der Waals surface area contributed by atoms with Crippen LogP contribution in [0.5, 0.6) is 0 Å². The van der Waals surface area contributed by atoms with Crippen LogP contribution in [-0.2, 0) is 0 Å². The third-order valence-corrected chi connectivity index (χ3v) is 1.13. The second kappa shape index (κ2) is 1.11. The molecule has 0 unspecified atom stereocenters. The van der Waals surface area contributed by atoms with E-state index in [9.17, 15) is 0 Å². The summed E-state index contributed by atoms with van der Waals surface area (Å²) in [5, 5.41) is 3.17. The van der Waals surface area contributed by atoms with Crippen LogP contribution in [0.25, 0.3) is 0 Å². The van der Waals surface area contributed by atoms with Gasteiger partial charge >= 0.3 is 0 Å². The zero-order valence-electron chi connectivity index (χ0n) is 3.85. The molecule has 0 saturated heterocycles. The first-order valence-electron chi connectivity index (χ1n) is 2.16. The molecule has 1 N–H and O–H groups in total. The van der Waals surface area contributed by atoms with Gasteiger partial charge in [-0.05, 0) is 11.6 Å². The van der Waals surface area contributed by atoms with E-state index in [1.807, 2.05) is 0 Å². The summed E-state index contributed by atoms with van der Waals surface area (Å²) in [6.45, 7) is 0. The molecule has 1 aliphatic heterocycles. The fourth-order valence-electron chi connectivity index (χ4n) is 0.517. The molecule has 0 aliphatic carbocycles. The van der Waals surface area contributed by atoms with Gasteiger partial charge in [-0.25, -0.2) is 4.98 Å². The van der Waals surface area contributed by atoms with E-state index >= 15 is 0 Å². The van der Waals surface area contributed by atoms with E-state index < -0.39 is 0 Å². The molecule has 1 aliphatic rings. The van der Waals surface area contributed by atoms with E-state index in [1.54, 1.807) is 6.20 Å². The van der Waals surface area contributed by atoms with Crippen molar-refractivity contribution in [2.75, 3.05) is 5.32 Å². The monoisotopic (exact) mass is 127 g/mol. The van der Waals surface area contributed by atoms with Crippen molar-refractivity contribution in [2.45, 2.75) is 0 Å². The third kappa shape index (κ3) is 0.448. The van der Waals surface area contributed by atoms with Crippen LogP contribution in [0.1, 0.15) is 0 Å². The Hall–Kier alpha value is -0.830. The molecular weight excluding hydrogens is 126 g/mol. The largest absolute Gasteiger partial charge is 0.334 e. The molecule has 8 heavy (non-hydrogen) atoms. The molecule has 0 fully saturated rings. The number of hydrogen-bond donors (Lipinski definition) is 1. The SMILES string of the molecule is Clc1ncc2c(n1)N2. The van der Waals surface area contributed by atoms with Gasteiger partial charge in [0.15, 0.2) is 5.82 Å². The Morgan fingerprint density at radius 2 is 2.50 bits per heavy atom. The molecule has 0 saturated carbocycles. The number of nitrogens with one attached hydrogen (secondary N) is 1. The number of nitrogens with zero attached hydrogens (tertiary/aromatic N) is 2. The maximum Gasteiger partial charge on any atom is 0.224 e. The minimum atomic E-state index is 0.300. The standard InChI is InChI=1S/C4H2ClN3/c5-4-6-1-2-3(7-2)8-4/h1H,(H,6,7,8). The van der Waals surface area contributed by atoms with Gasteiger partial charge in [0.05, 0.1) is 6.20 Å². The Morgan fingerprint density at radius 1 is 1.62 bits per heavy atom. The molecule has 2 rings (SSSR count). The fraction of sp³-hybridized carbons (Fsp3) is 0. The molecule has 2 heterocycles. The second-order valence-electron chi connectivity index (χ2n) is 1.53. The predicted octanol–water partition coefficient (Wildman–Crippen LogP) is 1.19. The normalized spacial score (nSPS) is 12.1. The van der Waals surface area contributed by atoms with Crippen LogP contribution in [0.2, 0.25) is 5.28 Å². The fourth-order valence-corrected chi connectivity index (χ4v) is 0.650. The maximum atomic E-state index is 5.42. The zero-order chi connectivity index (χ0) is 5.56. The molecule has 1 aromatic rings. The number of anilines is 2.